The Hall–Kier alpha value is -3.03. The highest BCUT2D eigenvalue weighted by Gasteiger charge is 2.30. The molecular weight excluding hydrogens is 368 g/mol. The molecule has 0 aliphatic carbocycles. The van der Waals surface area contributed by atoms with E-state index in [0.29, 0.717) is 6.54 Å². The number of hydrogen-bond acceptors (Lipinski definition) is 5. The van der Waals surface area contributed by atoms with Crippen LogP contribution >= 0.6 is 0 Å². The van der Waals surface area contributed by atoms with Crippen LogP contribution < -0.4 is 5.69 Å². The molecule has 5 rings (SSSR count). The fourth-order valence-corrected chi connectivity index (χ4v) is 4.31. The number of hydrogen-bond donors (Lipinski definition) is 1. The molecule has 1 aliphatic rings. The summed E-state index contributed by atoms with van der Waals surface area (Å²) in [6, 6.07) is 5.94. The third kappa shape index (κ3) is 2.47. The highest BCUT2D eigenvalue weighted by atomic mass is 16.5. The first-order valence-electron chi connectivity index (χ1n) is 9.53. The molecule has 7 nitrogen and oxygen atoms in total. The molecule has 0 amide bonds. The maximum Gasteiger partial charge on any atom is 0.329 e. The lowest BCUT2D eigenvalue weighted by Gasteiger charge is -2.26. The van der Waals surface area contributed by atoms with Gasteiger partial charge in [-0.1, -0.05) is 6.07 Å². The maximum atomic E-state index is 12.8. The number of aromatic nitrogens is 4. The number of rotatable bonds is 3. The maximum absolute atomic E-state index is 12.8. The SMILES string of the molecule is CO[C@@H]1Cn2c(=O)n(C)c3cnc4ccc(-c5cncc(C(C)(C)O)c5)c1c4c32. The summed E-state index contributed by atoms with van der Waals surface area (Å²) in [6.45, 7) is 3.92. The van der Waals surface area contributed by atoms with Crippen molar-refractivity contribution >= 4 is 21.9 Å². The van der Waals surface area contributed by atoms with Gasteiger partial charge in [0.15, 0.2) is 0 Å². The highest BCUT2D eigenvalue weighted by molar-refractivity contribution is 6.07. The average Bonchev–Trinajstić information content (AvgIpc) is 2.96. The van der Waals surface area contributed by atoms with E-state index < -0.39 is 5.60 Å². The van der Waals surface area contributed by atoms with Crippen LogP contribution in [0.15, 0.2) is 41.6 Å². The topological polar surface area (TPSA) is 82.2 Å². The molecule has 4 aromatic rings. The minimum atomic E-state index is -0.994. The van der Waals surface area contributed by atoms with Crippen LogP contribution in [-0.2, 0) is 23.9 Å². The molecule has 0 saturated heterocycles. The Morgan fingerprint density at radius 3 is 2.76 bits per heavy atom. The summed E-state index contributed by atoms with van der Waals surface area (Å²) in [4.78, 5) is 21.7. The van der Waals surface area contributed by atoms with Crippen LogP contribution in [0.25, 0.3) is 33.1 Å². The van der Waals surface area contributed by atoms with E-state index in [1.165, 1.54) is 0 Å². The van der Waals surface area contributed by atoms with Crippen LogP contribution in [0.5, 0.6) is 0 Å². The molecule has 148 valence electrons. The van der Waals surface area contributed by atoms with Gasteiger partial charge < -0.3 is 9.84 Å². The number of benzene rings is 1. The van der Waals surface area contributed by atoms with E-state index in [9.17, 15) is 9.90 Å². The lowest BCUT2D eigenvalue weighted by Crippen LogP contribution is -2.27. The molecule has 0 saturated carbocycles. The number of nitrogens with zero attached hydrogens (tertiary/aromatic N) is 4. The molecule has 1 aromatic carbocycles. The lowest BCUT2D eigenvalue weighted by molar-refractivity contribution is 0.0783. The van der Waals surface area contributed by atoms with Crippen LogP contribution in [0.3, 0.4) is 0 Å². The van der Waals surface area contributed by atoms with Gasteiger partial charge in [-0.15, -0.1) is 0 Å². The van der Waals surface area contributed by atoms with Crippen molar-refractivity contribution in [3.05, 3.63) is 58.4 Å². The Labute approximate surface area is 167 Å². The Morgan fingerprint density at radius 2 is 2.03 bits per heavy atom. The van der Waals surface area contributed by atoms with Gasteiger partial charge in [-0.05, 0) is 31.5 Å². The third-order valence-electron chi connectivity index (χ3n) is 5.89. The molecule has 0 radical (unpaired) electrons. The number of imidazole rings is 1. The Bertz CT molecular complexity index is 1340. The van der Waals surface area contributed by atoms with Crippen molar-refractivity contribution in [2.24, 2.45) is 7.05 Å². The number of ether oxygens (including phenoxy) is 1. The summed E-state index contributed by atoms with van der Waals surface area (Å²) in [5, 5.41) is 11.4. The molecule has 0 unspecified atom stereocenters. The van der Waals surface area contributed by atoms with Crippen molar-refractivity contribution in [3.8, 4) is 11.1 Å². The summed E-state index contributed by atoms with van der Waals surface area (Å²) >= 11 is 0. The molecule has 4 heterocycles. The van der Waals surface area contributed by atoms with E-state index in [0.717, 1.165) is 44.2 Å². The van der Waals surface area contributed by atoms with Crippen molar-refractivity contribution in [1.29, 1.82) is 0 Å². The van der Waals surface area contributed by atoms with Crippen molar-refractivity contribution in [3.63, 3.8) is 0 Å². The fraction of sp³-hybridized carbons (Fsp3) is 0.318. The zero-order valence-corrected chi connectivity index (χ0v) is 16.8. The number of pyridine rings is 2. The van der Waals surface area contributed by atoms with Gasteiger partial charge in [-0.3, -0.25) is 19.1 Å². The van der Waals surface area contributed by atoms with Gasteiger partial charge in [-0.2, -0.15) is 0 Å². The standard InChI is InChI=1S/C22H22N4O3/c1-22(2,28)13-7-12(8-23-9-13)14-5-6-15-19-18(14)17(29-4)11-26-20(19)16(10-24-15)25(3)21(26)27/h5-10,17,28H,11H2,1-4H3/t17-/m1/s1. The molecular formula is C22H22N4O3. The minimum absolute atomic E-state index is 0.0712. The summed E-state index contributed by atoms with van der Waals surface area (Å²) in [5.41, 5.74) is 5.06. The predicted octanol–water partition coefficient (Wildman–Crippen LogP) is 2.88. The van der Waals surface area contributed by atoms with Gasteiger partial charge in [0.2, 0.25) is 0 Å². The van der Waals surface area contributed by atoms with Crippen molar-refractivity contribution < 1.29 is 9.84 Å². The molecule has 1 N–H and O–H groups in total. The fourth-order valence-electron chi connectivity index (χ4n) is 4.31. The second kappa shape index (κ2) is 5.98. The Balaban J connectivity index is 1.90. The Kier molecular flexibility index (Phi) is 3.72. The second-order valence-corrected chi connectivity index (χ2v) is 8.11. The molecule has 7 heteroatoms. The number of aliphatic hydroxyl groups is 1. The van der Waals surface area contributed by atoms with Crippen LogP contribution in [-0.4, -0.2) is 31.3 Å². The molecule has 1 atom stereocenters. The van der Waals surface area contributed by atoms with Crippen molar-refractivity contribution in [2.45, 2.75) is 32.1 Å². The van der Waals surface area contributed by atoms with Gasteiger partial charge in [0, 0.05) is 48.6 Å². The van der Waals surface area contributed by atoms with Crippen LogP contribution in [0.2, 0.25) is 0 Å². The van der Waals surface area contributed by atoms with E-state index in [4.69, 9.17) is 4.74 Å². The Morgan fingerprint density at radius 1 is 1.24 bits per heavy atom. The summed E-state index contributed by atoms with van der Waals surface area (Å²) in [5.74, 6) is 0. The second-order valence-electron chi connectivity index (χ2n) is 8.11. The van der Waals surface area contributed by atoms with E-state index in [2.05, 4.69) is 9.97 Å². The van der Waals surface area contributed by atoms with Crippen LogP contribution in [0.4, 0.5) is 0 Å². The largest absolute Gasteiger partial charge is 0.386 e. The summed E-state index contributed by atoms with van der Waals surface area (Å²) < 4.78 is 9.23. The molecule has 1 aliphatic heterocycles. The molecule has 0 fully saturated rings. The zero-order chi connectivity index (χ0) is 20.5. The molecule has 29 heavy (non-hydrogen) atoms. The van der Waals surface area contributed by atoms with Crippen LogP contribution in [0, 0.1) is 0 Å². The first kappa shape index (κ1) is 18.0. The van der Waals surface area contributed by atoms with E-state index in [1.54, 1.807) is 55.7 Å². The zero-order valence-electron chi connectivity index (χ0n) is 16.8. The van der Waals surface area contributed by atoms with Crippen molar-refractivity contribution in [1.82, 2.24) is 19.1 Å². The third-order valence-corrected chi connectivity index (χ3v) is 5.89. The van der Waals surface area contributed by atoms with Gasteiger partial charge in [0.05, 0.1) is 34.9 Å². The summed E-state index contributed by atoms with van der Waals surface area (Å²) in [7, 11) is 3.42. The highest BCUT2D eigenvalue weighted by Crippen LogP contribution is 2.42. The first-order valence-corrected chi connectivity index (χ1v) is 9.53. The van der Waals surface area contributed by atoms with Gasteiger partial charge in [0.25, 0.3) is 0 Å². The summed E-state index contributed by atoms with van der Waals surface area (Å²) in [6.07, 6.45) is 4.93. The van der Waals surface area contributed by atoms with Gasteiger partial charge in [-0.25, -0.2) is 4.79 Å². The minimum Gasteiger partial charge on any atom is -0.386 e. The normalized spacial score (nSPS) is 16.2. The quantitative estimate of drug-likeness (QED) is 0.582. The van der Waals surface area contributed by atoms with Crippen molar-refractivity contribution in [2.75, 3.05) is 7.11 Å². The monoisotopic (exact) mass is 390 g/mol. The number of aryl methyl sites for hydroxylation is 1. The number of methoxy groups -OCH3 is 1. The smallest absolute Gasteiger partial charge is 0.329 e. The predicted molar refractivity (Wildman–Crippen MR) is 111 cm³/mol. The van der Waals surface area contributed by atoms with Gasteiger partial charge in [0.1, 0.15) is 6.10 Å². The van der Waals surface area contributed by atoms with E-state index >= 15 is 0 Å². The first-order chi connectivity index (χ1) is 13.8. The molecule has 0 spiro atoms. The lowest BCUT2D eigenvalue weighted by atomic mass is 9.89. The van der Waals surface area contributed by atoms with E-state index in [1.807, 2.05) is 18.2 Å². The van der Waals surface area contributed by atoms with Gasteiger partial charge >= 0.3 is 5.69 Å². The van der Waals surface area contributed by atoms with Crippen LogP contribution in [0.1, 0.15) is 31.1 Å². The molecule has 3 aromatic heterocycles. The van der Waals surface area contributed by atoms with E-state index in [-0.39, 0.29) is 11.8 Å². The average molecular weight is 390 g/mol. The molecule has 0 bridgehead atoms.